The number of aromatic hydroxyl groups is 1. The highest BCUT2D eigenvalue weighted by Gasteiger charge is 2.25. The van der Waals surface area contributed by atoms with Crippen LogP contribution in [0.3, 0.4) is 0 Å². The largest absolute Gasteiger partial charge is 0.506 e. The lowest BCUT2D eigenvalue weighted by molar-refractivity contribution is -0.143. The van der Waals surface area contributed by atoms with Gasteiger partial charge in [-0.2, -0.15) is 0 Å². The minimum Gasteiger partial charge on any atom is -0.506 e. The first-order chi connectivity index (χ1) is 9.76. The second-order valence-corrected chi connectivity index (χ2v) is 7.37. The summed E-state index contributed by atoms with van der Waals surface area (Å²) >= 11 is 4.02. The maximum absolute atomic E-state index is 12.3. The van der Waals surface area contributed by atoms with E-state index >= 15 is 0 Å². The summed E-state index contributed by atoms with van der Waals surface area (Å²) in [5.74, 6) is -0.836. The van der Waals surface area contributed by atoms with Crippen molar-refractivity contribution in [1.29, 1.82) is 0 Å². The molecular weight excluding hydrogens is 500 g/mol. The number of hydrogen-bond acceptors (Lipinski definition) is 4. The number of halogens is 2. The highest BCUT2D eigenvalue weighted by Crippen LogP contribution is 2.27. The number of esters is 1. The first kappa shape index (κ1) is 18.5. The first-order valence-corrected chi connectivity index (χ1v) is 8.48. The Kier molecular flexibility index (Phi) is 7.17. The zero-order chi connectivity index (χ0) is 16.2. The number of phenolic OH excluding ortho intramolecular Hbond substituents is 1. The number of rotatable bonds is 5. The minimum absolute atomic E-state index is 0.0818. The van der Waals surface area contributed by atoms with Gasteiger partial charge in [-0.1, -0.05) is 13.8 Å². The second kappa shape index (κ2) is 8.16. The molecular formula is C14H17I2NO4. The van der Waals surface area contributed by atoms with Crippen molar-refractivity contribution in [2.45, 2.75) is 26.3 Å². The van der Waals surface area contributed by atoms with Crippen LogP contribution in [0.2, 0.25) is 0 Å². The number of benzene rings is 1. The van der Waals surface area contributed by atoms with Gasteiger partial charge in [0.1, 0.15) is 11.8 Å². The van der Waals surface area contributed by atoms with Crippen molar-refractivity contribution in [2.75, 3.05) is 7.11 Å². The molecule has 5 nitrogen and oxygen atoms in total. The smallest absolute Gasteiger partial charge is 0.328 e. The third kappa shape index (κ3) is 5.28. The van der Waals surface area contributed by atoms with Crippen LogP contribution in [0.25, 0.3) is 0 Å². The number of phenols is 1. The molecule has 0 radical (unpaired) electrons. The van der Waals surface area contributed by atoms with Crippen LogP contribution in [0.4, 0.5) is 0 Å². The van der Waals surface area contributed by atoms with E-state index in [4.69, 9.17) is 4.74 Å². The lowest BCUT2D eigenvalue weighted by Gasteiger charge is -2.19. The molecule has 0 saturated heterocycles. The van der Waals surface area contributed by atoms with Crippen LogP contribution in [0, 0.1) is 13.1 Å². The second-order valence-electron chi connectivity index (χ2n) is 4.96. The van der Waals surface area contributed by atoms with E-state index < -0.39 is 17.9 Å². The van der Waals surface area contributed by atoms with Gasteiger partial charge in [0.05, 0.1) is 16.2 Å². The maximum atomic E-state index is 12.3. The molecule has 0 spiro atoms. The summed E-state index contributed by atoms with van der Waals surface area (Å²) in [5.41, 5.74) is 0.156. The number of ether oxygens (including phenoxy) is 1. The van der Waals surface area contributed by atoms with Crippen molar-refractivity contribution < 1.29 is 19.4 Å². The van der Waals surface area contributed by atoms with Crippen LogP contribution >= 0.6 is 45.2 Å². The molecule has 0 aromatic heterocycles. The van der Waals surface area contributed by atoms with Crippen molar-refractivity contribution >= 4 is 57.1 Å². The minimum atomic E-state index is -0.725. The summed E-state index contributed by atoms with van der Waals surface area (Å²) in [7, 11) is 1.29. The molecule has 0 bridgehead atoms. The molecule has 0 aliphatic carbocycles. The van der Waals surface area contributed by atoms with Gasteiger partial charge in [-0.15, -0.1) is 0 Å². The maximum Gasteiger partial charge on any atom is 0.328 e. The zero-order valence-corrected chi connectivity index (χ0v) is 16.3. The summed E-state index contributed by atoms with van der Waals surface area (Å²) in [6, 6.07) is 2.62. The van der Waals surface area contributed by atoms with Gasteiger partial charge in [0, 0.05) is 3.57 Å². The molecule has 7 heteroatoms. The Bertz CT molecular complexity index is 546. The van der Waals surface area contributed by atoms with Crippen LogP contribution in [-0.4, -0.2) is 30.1 Å². The van der Waals surface area contributed by atoms with Crippen LogP contribution in [0.1, 0.15) is 30.6 Å². The quantitative estimate of drug-likeness (QED) is 0.466. The molecule has 0 heterocycles. The monoisotopic (exact) mass is 517 g/mol. The highest BCUT2D eigenvalue weighted by molar-refractivity contribution is 14.1. The average molecular weight is 517 g/mol. The third-order valence-corrected chi connectivity index (χ3v) is 4.22. The molecule has 21 heavy (non-hydrogen) atoms. The molecule has 1 rings (SSSR count). The van der Waals surface area contributed by atoms with Gasteiger partial charge in [-0.3, -0.25) is 4.79 Å². The summed E-state index contributed by atoms with van der Waals surface area (Å²) in [4.78, 5) is 24.0. The van der Waals surface area contributed by atoms with Gasteiger partial charge in [-0.25, -0.2) is 4.79 Å². The molecule has 116 valence electrons. The topological polar surface area (TPSA) is 75.6 Å². The van der Waals surface area contributed by atoms with E-state index in [0.717, 1.165) is 3.57 Å². The molecule has 0 saturated carbocycles. The fraction of sp³-hybridized carbons (Fsp3) is 0.429. The highest BCUT2D eigenvalue weighted by atomic mass is 127. The molecule has 0 fully saturated rings. The Labute approximate surface area is 151 Å². The molecule has 1 atom stereocenters. The van der Waals surface area contributed by atoms with Crippen molar-refractivity contribution in [3.05, 3.63) is 24.8 Å². The Morgan fingerprint density at radius 1 is 1.33 bits per heavy atom. The molecule has 2 N–H and O–H groups in total. The van der Waals surface area contributed by atoms with Crippen molar-refractivity contribution in [3.63, 3.8) is 0 Å². The van der Waals surface area contributed by atoms with Crippen LogP contribution in [0.5, 0.6) is 5.75 Å². The van der Waals surface area contributed by atoms with Gasteiger partial charge in [0.15, 0.2) is 0 Å². The van der Waals surface area contributed by atoms with Gasteiger partial charge < -0.3 is 15.2 Å². The standard InChI is InChI=1S/C14H17I2NO4/c1-7(2)4-11(14(20)21-3)17-13(19)9-5-8(15)6-10(16)12(9)18/h5-7,11,18H,4H2,1-3H3,(H,17,19). The van der Waals surface area contributed by atoms with E-state index in [2.05, 4.69) is 27.9 Å². The van der Waals surface area contributed by atoms with E-state index in [-0.39, 0.29) is 17.2 Å². The fourth-order valence-corrected chi connectivity index (χ4v) is 3.65. The van der Waals surface area contributed by atoms with E-state index in [1.165, 1.54) is 7.11 Å². The summed E-state index contributed by atoms with van der Waals surface area (Å²) in [6.07, 6.45) is 0.472. The van der Waals surface area contributed by atoms with Gasteiger partial charge in [-0.05, 0) is 69.7 Å². The molecule has 0 aliphatic heterocycles. The van der Waals surface area contributed by atoms with Crippen LogP contribution < -0.4 is 5.32 Å². The van der Waals surface area contributed by atoms with Crippen molar-refractivity contribution in [3.8, 4) is 5.75 Å². The van der Waals surface area contributed by atoms with Gasteiger partial charge >= 0.3 is 5.97 Å². The summed E-state index contributed by atoms with van der Waals surface area (Å²) in [6.45, 7) is 3.90. The molecule has 1 aromatic carbocycles. The Balaban J connectivity index is 2.99. The molecule has 0 aliphatic rings. The van der Waals surface area contributed by atoms with Gasteiger partial charge in [0.25, 0.3) is 5.91 Å². The zero-order valence-electron chi connectivity index (χ0n) is 11.9. The fourth-order valence-electron chi connectivity index (χ4n) is 1.80. The number of carbonyl (C=O) groups excluding carboxylic acids is 2. The third-order valence-electron chi connectivity index (χ3n) is 2.77. The molecule has 1 amide bonds. The van der Waals surface area contributed by atoms with Crippen molar-refractivity contribution in [1.82, 2.24) is 5.32 Å². The van der Waals surface area contributed by atoms with E-state index in [1.54, 1.807) is 12.1 Å². The molecule has 1 unspecified atom stereocenters. The predicted octanol–water partition coefficient (Wildman–Crippen LogP) is 2.92. The Hall–Kier alpha value is -0.580. The van der Waals surface area contributed by atoms with E-state index in [0.29, 0.717) is 9.99 Å². The lowest BCUT2D eigenvalue weighted by Crippen LogP contribution is -2.42. The number of carbonyl (C=O) groups is 2. The van der Waals surface area contributed by atoms with Gasteiger partial charge in [0.2, 0.25) is 0 Å². The normalized spacial score (nSPS) is 12.1. The van der Waals surface area contributed by atoms with E-state index in [9.17, 15) is 14.7 Å². The summed E-state index contributed by atoms with van der Waals surface area (Å²) < 4.78 is 6.13. The Morgan fingerprint density at radius 2 is 1.95 bits per heavy atom. The Morgan fingerprint density at radius 3 is 2.48 bits per heavy atom. The number of nitrogens with one attached hydrogen (secondary N) is 1. The summed E-state index contributed by atoms with van der Waals surface area (Å²) in [5, 5.41) is 12.6. The molecule has 1 aromatic rings. The predicted molar refractivity (Wildman–Crippen MR) is 96.3 cm³/mol. The average Bonchev–Trinajstić information content (AvgIpc) is 2.40. The number of methoxy groups -OCH3 is 1. The first-order valence-electron chi connectivity index (χ1n) is 6.33. The van der Waals surface area contributed by atoms with Crippen molar-refractivity contribution in [2.24, 2.45) is 5.92 Å². The number of hydrogen-bond donors (Lipinski definition) is 2. The van der Waals surface area contributed by atoms with Crippen LogP contribution in [0.15, 0.2) is 12.1 Å². The van der Waals surface area contributed by atoms with Crippen LogP contribution in [-0.2, 0) is 9.53 Å². The van der Waals surface area contributed by atoms with E-state index in [1.807, 2.05) is 36.4 Å². The number of amides is 1. The SMILES string of the molecule is COC(=O)C(CC(C)C)NC(=O)c1cc(I)cc(I)c1O. The lowest BCUT2D eigenvalue weighted by atomic mass is 10.0.